The van der Waals surface area contributed by atoms with Crippen molar-refractivity contribution in [1.29, 1.82) is 0 Å². The third-order valence-corrected chi connectivity index (χ3v) is 7.28. The van der Waals surface area contributed by atoms with Crippen molar-refractivity contribution < 1.29 is 9.32 Å². The Hall–Kier alpha value is -3.59. The molecular formula is C24H22N6O2S. The van der Waals surface area contributed by atoms with E-state index in [1.54, 1.807) is 11.3 Å². The molecule has 5 aromatic heterocycles. The lowest BCUT2D eigenvalue weighted by molar-refractivity contribution is 0.0706. The molecule has 0 bridgehead atoms. The molecule has 33 heavy (non-hydrogen) atoms. The number of rotatable bonds is 3. The van der Waals surface area contributed by atoms with Crippen LogP contribution in [0.3, 0.4) is 0 Å². The molecule has 6 heterocycles. The van der Waals surface area contributed by atoms with Crippen LogP contribution in [-0.2, 0) is 0 Å². The number of hydrogen-bond donors (Lipinski definition) is 0. The number of hydrogen-bond acceptors (Lipinski definition) is 7. The first-order chi connectivity index (χ1) is 16.1. The summed E-state index contributed by atoms with van der Waals surface area (Å²) in [6.07, 6.45) is 3.86. The third kappa shape index (κ3) is 3.39. The monoisotopic (exact) mass is 458 g/mol. The van der Waals surface area contributed by atoms with Crippen molar-refractivity contribution in [1.82, 2.24) is 29.6 Å². The number of carbonyl (C=O) groups is 1. The van der Waals surface area contributed by atoms with Gasteiger partial charge in [-0.3, -0.25) is 9.20 Å². The Labute approximate surface area is 193 Å². The summed E-state index contributed by atoms with van der Waals surface area (Å²) in [5.41, 5.74) is 3.22. The summed E-state index contributed by atoms with van der Waals surface area (Å²) in [4.78, 5) is 22.6. The summed E-state index contributed by atoms with van der Waals surface area (Å²) < 4.78 is 7.49. The largest absolute Gasteiger partial charge is 0.338 e. The average Bonchev–Trinajstić information content (AvgIpc) is 3.57. The maximum atomic E-state index is 13.8. The molecule has 6 rings (SSSR count). The van der Waals surface area contributed by atoms with E-state index in [0.29, 0.717) is 35.4 Å². The second-order valence-electron chi connectivity index (χ2n) is 8.49. The number of pyridine rings is 2. The maximum absolute atomic E-state index is 13.8. The van der Waals surface area contributed by atoms with Crippen LogP contribution in [0.2, 0.25) is 0 Å². The summed E-state index contributed by atoms with van der Waals surface area (Å²) in [7, 11) is 0. The van der Waals surface area contributed by atoms with E-state index in [4.69, 9.17) is 4.52 Å². The van der Waals surface area contributed by atoms with Gasteiger partial charge in [-0.15, -0.1) is 21.5 Å². The highest BCUT2D eigenvalue weighted by molar-refractivity contribution is 7.15. The number of aromatic nitrogens is 5. The first kappa shape index (κ1) is 20.0. The second kappa shape index (κ2) is 7.77. The van der Waals surface area contributed by atoms with Crippen LogP contribution < -0.4 is 0 Å². The predicted octanol–water partition coefficient (Wildman–Crippen LogP) is 4.63. The van der Waals surface area contributed by atoms with Gasteiger partial charge >= 0.3 is 0 Å². The number of thiophene rings is 1. The summed E-state index contributed by atoms with van der Waals surface area (Å²) in [6, 6.07) is 11.8. The molecule has 0 N–H and O–H groups in total. The van der Waals surface area contributed by atoms with Crippen LogP contribution >= 0.6 is 11.3 Å². The van der Waals surface area contributed by atoms with Gasteiger partial charge in [0.1, 0.15) is 5.82 Å². The minimum absolute atomic E-state index is 0.0262. The van der Waals surface area contributed by atoms with Crippen LogP contribution in [0.1, 0.15) is 45.5 Å². The minimum Gasteiger partial charge on any atom is -0.338 e. The van der Waals surface area contributed by atoms with Gasteiger partial charge in [0.25, 0.3) is 11.6 Å². The predicted molar refractivity (Wildman–Crippen MR) is 125 cm³/mol. The molecule has 0 aliphatic carbocycles. The van der Waals surface area contributed by atoms with Crippen molar-refractivity contribution in [2.45, 2.75) is 32.6 Å². The van der Waals surface area contributed by atoms with E-state index < -0.39 is 0 Å². The number of piperidine rings is 1. The van der Waals surface area contributed by atoms with Gasteiger partial charge in [-0.1, -0.05) is 11.2 Å². The first-order valence-corrected chi connectivity index (χ1v) is 11.8. The number of amides is 1. The molecule has 9 heteroatoms. The quantitative estimate of drug-likeness (QED) is 0.392. The van der Waals surface area contributed by atoms with Gasteiger partial charge in [0.2, 0.25) is 0 Å². The lowest BCUT2D eigenvalue weighted by atomic mass is 9.96. The van der Waals surface area contributed by atoms with Crippen LogP contribution in [0, 0.1) is 13.8 Å². The van der Waals surface area contributed by atoms with Crippen LogP contribution in [0.15, 0.2) is 47.1 Å². The minimum atomic E-state index is -0.0262. The highest BCUT2D eigenvalue weighted by Gasteiger charge is 2.30. The Morgan fingerprint density at radius 1 is 1.18 bits per heavy atom. The van der Waals surface area contributed by atoms with Crippen LogP contribution in [0.25, 0.3) is 27.3 Å². The number of nitrogens with zero attached hydrogens (tertiary/aromatic N) is 6. The molecule has 1 fully saturated rings. The molecule has 0 saturated carbocycles. The van der Waals surface area contributed by atoms with Crippen molar-refractivity contribution in [2.24, 2.45) is 0 Å². The molecule has 1 saturated heterocycles. The van der Waals surface area contributed by atoms with E-state index in [9.17, 15) is 4.79 Å². The van der Waals surface area contributed by atoms with Crippen molar-refractivity contribution in [3.63, 3.8) is 0 Å². The van der Waals surface area contributed by atoms with E-state index >= 15 is 0 Å². The zero-order valence-corrected chi connectivity index (χ0v) is 19.2. The fraction of sp³-hybridized carbons (Fsp3) is 0.292. The molecule has 0 spiro atoms. The van der Waals surface area contributed by atoms with Gasteiger partial charge < -0.3 is 9.42 Å². The molecule has 1 aliphatic heterocycles. The molecule has 0 aromatic carbocycles. The van der Waals surface area contributed by atoms with Crippen molar-refractivity contribution in [3.05, 3.63) is 64.6 Å². The standard InChI is InChI=1S/C24H22N6O2S/c1-14-8-9-19(33-14)18-12-17(21-15(2)28-32-23(21)25-18)24(31)29-10-5-6-16(13-29)22-27-26-20-7-3-4-11-30(20)22/h3-4,7-9,11-12,16H,5-6,10,13H2,1-2H3. The van der Waals surface area contributed by atoms with E-state index in [1.165, 1.54) is 4.88 Å². The Balaban J connectivity index is 1.37. The highest BCUT2D eigenvalue weighted by Crippen LogP contribution is 2.33. The topological polar surface area (TPSA) is 89.4 Å². The Bertz CT molecular complexity index is 1500. The fourth-order valence-electron chi connectivity index (χ4n) is 4.64. The third-order valence-electron chi connectivity index (χ3n) is 6.25. The number of carbonyl (C=O) groups excluding carboxylic acids is 1. The van der Waals surface area contributed by atoms with Gasteiger partial charge in [0.05, 0.1) is 27.2 Å². The summed E-state index contributed by atoms with van der Waals surface area (Å²) in [6.45, 7) is 5.20. The Morgan fingerprint density at radius 3 is 2.94 bits per heavy atom. The second-order valence-corrected chi connectivity index (χ2v) is 9.78. The molecule has 8 nitrogen and oxygen atoms in total. The number of fused-ring (bicyclic) bond motifs is 2. The van der Waals surface area contributed by atoms with E-state index in [0.717, 1.165) is 34.9 Å². The van der Waals surface area contributed by atoms with E-state index in [1.807, 2.05) is 52.8 Å². The molecule has 1 unspecified atom stereocenters. The zero-order chi connectivity index (χ0) is 22.5. The summed E-state index contributed by atoms with van der Waals surface area (Å²) in [5.74, 6) is 1.00. The smallest absolute Gasteiger partial charge is 0.259 e. The highest BCUT2D eigenvalue weighted by atomic mass is 32.1. The van der Waals surface area contributed by atoms with Gasteiger partial charge in [-0.25, -0.2) is 4.98 Å². The van der Waals surface area contributed by atoms with Crippen LogP contribution in [-0.4, -0.2) is 48.6 Å². The maximum Gasteiger partial charge on any atom is 0.259 e. The normalized spacial score (nSPS) is 16.7. The van der Waals surface area contributed by atoms with Gasteiger partial charge in [-0.05, 0) is 57.0 Å². The summed E-state index contributed by atoms with van der Waals surface area (Å²) in [5, 5.41) is 13.5. The lowest BCUT2D eigenvalue weighted by Gasteiger charge is -2.32. The van der Waals surface area contributed by atoms with Crippen LogP contribution in [0.5, 0.6) is 0 Å². The van der Waals surface area contributed by atoms with E-state index in [2.05, 4.69) is 33.3 Å². The van der Waals surface area contributed by atoms with E-state index in [-0.39, 0.29) is 11.8 Å². The van der Waals surface area contributed by atoms with Crippen molar-refractivity contribution >= 4 is 34.0 Å². The molecule has 1 aliphatic rings. The molecule has 1 atom stereocenters. The van der Waals surface area contributed by atoms with Gasteiger partial charge in [0, 0.05) is 30.1 Å². The molecule has 166 valence electrons. The molecule has 5 aromatic rings. The molecule has 1 amide bonds. The molecule has 0 radical (unpaired) electrons. The Morgan fingerprint density at radius 2 is 2.09 bits per heavy atom. The van der Waals surface area contributed by atoms with Crippen molar-refractivity contribution in [2.75, 3.05) is 13.1 Å². The fourth-order valence-corrected chi connectivity index (χ4v) is 5.47. The number of likely N-dealkylation sites (tertiary alicyclic amines) is 1. The average molecular weight is 459 g/mol. The number of aryl methyl sites for hydroxylation is 2. The SMILES string of the molecule is Cc1ccc(-c2cc(C(=O)N3CCCC(c4nnc5ccccn45)C3)c3c(C)noc3n2)s1. The first-order valence-electron chi connectivity index (χ1n) is 11.0. The van der Waals surface area contributed by atoms with Crippen molar-refractivity contribution in [3.8, 4) is 10.6 Å². The lowest BCUT2D eigenvalue weighted by Crippen LogP contribution is -2.39. The Kier molecular flexibility index (Phi) is 4.72. The van der Waals surface area contributed by atoms with Gasteiger partial charge in [-0.2, -0.15) is 0 Å². The molecular weight excluding hydrogens is 436 g/mol. The zero-order valence-electron chi connectivity index (χ0n) is 18.4. The summed E-state index contributed by atoms with van der Waals surface area (Å²) >= 11 is 1.64. The van der Waals surface area contributed by atoms with Gasteiger partial charge in [0.15, 0.2) is 5.65 Å². The van der Waals surface area contributed by atoms with Crippen LogP contribution in [0.4, 0.5) is 0 Å².